The summed E-state index contributed by atoms with van der Waals surface area (Å²) in [5, 5.41) is 10.7. The molecule has 0 aliphatic rings. The van der Waals surface area contributed by atoms with Crippen molar-refractivity contribution in [1.29, 1.82) is 0 Å². The van der Waals surface area contributed by atoms with Crippen LogP contribution in [0.25, 0.3) is 0 Å². The van der Waals surface area contributed by atoms with Crippen molar-refractivity contribution in [3.63, 3.8) is 0 Å². The molecule has 0 N–H and O–H groups in total. The largest absolute Gasteiger partial charge is 0.484 e. The molecule has 0 aliphatic carbocycles. The maximum absolute atomic E-state index is 12.8. The molecule has 1 rings (SSSR count). The van der Waals surface area contributed by atoms with Crippen LogP contribution in [0.4, 0.5) is 10.1 Å². The van der Waals surface area contributed by atoms with Crippen molar-refractivity contribution in [2.75, 3.05) is 0 Å². The molecule has 0 heterocycles. The molecule has 0 spiro atoms. The van der Waals surface area contributed by atoms with E-state index in [9.17, 15) is 14.5 Å². The van der Waals surface area contributed by atoms with E-state index in [0.717, 1.165) is 25.0 Å². The summed E-state index contributed by atoms with van der Waals surface area (Å²) in [6.45, 7) is 3.87. The Morgan fingerprint density at radius 1 is 1.44 bits per heavy atom. The molecule has 88 valence electrons. The van der Waals surface area contributed by atoms with Gasteiger partial charge in [0.05, 0.1) is 17.1 Å². The van der Waals surface area contributed by atoms with E-state index >= 15 is 0 Å². The third kappa shape index (κ3) is 2.92. The first-order valence-electron chi connectivity index (χ1n) is 5.19. The molecule has 5 heteroatoms. The predicted octanol–water partition coefficient (Wildman–Crippen LogP) is 3.30. The lowest BCUT2D eigenvalue weighted by Crippen LogP contribution is -2.14. The van der Waals surface area contributed by atoms with Gasteiger partial charge in [0.1, 0.15) is 5.82 Å². The number of halogens is 1. The molecule has 0 saturated heterocycles. The Balaban J connectivity index is 2.98. The Bertz CT molecular complexity index is 377. The second-order valence-electron chi connectivity index (χ2n) is 3.43. The van der Waals surface area contributed by atoms with Gasteiger partial charge in [-0.1, -0.05) is 13.8 Å². The molecule has 16 heavy (non-hydrogen) atoms. The van der Waals surface area contributed by atoms with E-state index in [1.165, 1.54) is 6.07 Å². The van der Waals surface area contributed by atoms with E-state index in [-0.39, 0.29) is 17.5 Å². The standard InChI is InChI=1S/C11H14FNO3/c1-3-9(4-2)16-11-6-5-8(12)7-10(11)13(14)15/h5-7,9H,3-4H2,1-2H3. The second kappa shape index (κ2) is 5.44. The lowest BCUT2D eigenvalue weighted by atomic mass is 10.2. The van der Waals surface area contributed by atoms with E-state index in [0.29, 0.717) is 0 Å². The first kappa shape index (κ1) is 12.4. The number of nitro groups is 1. The topological polar surface area (TPSA) is 52.4 Å². The number of hydrogen-bond donors (Lipinski definition) is 0. The summed E-state index contributed by atoms with van der Waals surface area (Å²) in [5.74, 6) is -0.510. The highest BCUT2D eigenvalue weighted by molar-refractivity contribution is 5.46. The van der Waals surface area contributed by atoms with Crippen LogP contribution in [0.2, 0.25) is 0 Å². The van der Waals surface area contributed by atoms with Crippen molar-refractivity contribution >= 4 is 5.69 Å². The van der Waals surface area contributed by atoms with Crippen LogP contribution in [0.1, 0.15) is 26.7 Å². The summed E-state index contributed by atoms with van der Waals surface area (Å²) < 4.78 is 18.3. The zero-order valence-corrected chi connectivity index (χ0v) is 9.27. The van der Waals surface area contributed by atoms with Crippen molar-refractivity contribution in [2.24, 2.45) is 0 Å². The molecule has 0 saturated carbocycles. The average Bonchev–Trinajstić information content (AvgIpc) is 2.27. The van der Waals surface area contributed by atoms with E-state index in [1.54, 1.807) is 0 Å². The molecule has 0 bridgehead atoms. The van der Waals surface area contributed by atoms with E-state index in [4.69, 9.17) is 4.74 Å². The number of hydrogen-bond acceptors (Lipinski definition) is 3. The van der Waals surface area contributed by atoms with Gasteiger partial charge in [-0.15, -0.1) is 0 Å². The summed E-state index contributed by atoms with van der Waals surface area (Å²) in [5.41, 5.74) is -0.327. The minimum atomic E-state index is -0.638. The van der Waals surface area contributed by atoms with Crippen LogP contribution in [-0.4, -0.2) is 11.0 Å². The molecule has 0 amide bonds. The third-order valence-electron chi connectivity index (χ3n) is 2.32. The van der Waals surface area contributed by atoms with E-state index in [1.807, 2.05) is 13.8 Å². The van der Waals surface area contributed by atoms with Gasteiger partial charge in [-0.25, -0.2) is 4.39 Å². The second-order valence-corrected chi connectivity index (χ2v) is 3.43. The highest BCUT2D eigenvalue weighted by Gasteiger charge is 2.18. The molecular weight excluding hydrogens is 213 g/mol. The van der Waals surface area contributed by atoms with Gasteiger partial charge in [0.2, 0.25) is 0 Å². The molecule has 0 unspecified atom stereocenters. The first-order chi connectivity index (χ1) is 7.58. The van der Waals surface area contributed by atoms with E-state index in [2.05, 4.69) is 0 Å². The fourth-order valence-corrected chi connectivity index (χ4v) is 1.37. The number of rotatable bonds is 5. The fourth-order valence-electron chi connectivity index (χ4n) is 1.37. The van der Waals surface area contributed by atoms with Gasteiger partial charge in [-0.2, -0.15) is 0 Å². The average molecular weight is 227 g/mol. The van der Waals surface area contributed by atoms with Crippen molar-refractivity contribution in [2.45, 2.75) is 32.8 Å². The maximum Gasteiger partial charge on any atom is 0.313 e. The van der Waals surface area contributed by atoms with Crippen molar-refractivity contribution in [3.8, 4) is 5.75 Å². The summed E-state index contributed by atoms with van der Waals surface area (Å²) in [7, 11) is 0. The fraction of sp³-hybridized carbons (Fsp3) is 0.455. The monoisotopic (exact) mass is 227 g/mol. The van der Waals surface area contributed by atoms with Crippen molar-refractivity contribution in [3.05, 3.63) is 34.1 Å². The summed E-state index contributed by atoms with van der Waals surface area (Å²) in [6, 6.07) is 3.33. The van der Waals surface area contributed by atoms with Gasteiger partial charge < -0.3 is 4.74 Å². The summed E-state index contributed by atoms with van der Waals surface area (Å²) >= 11 is 0. The molecule has 0 aliphatic heterocycles. The van der Waals surface area contributed by atoms with Crippen LogP contribution < -0.4 is 4.74 Å². The van der Waals surface area contributed by atoms with Gasteiger partial charge in [0, 0.05) is 0 Å². The Hall–Kier alpha value is -1.65. The van der Waals surface area contributed by atoms with Crippen molar-refractivity contribution < 1.29 is 14.1 Å². The summed E-state index contributed by atoms with van der Waals surface area (Å²) in [6.07, 6.45) is 1.43. The van der Waals surface area contributed by atoms with Crippen LogP contribution in [-0.2, 0) is 0 Å². The van der Waals surface area contributed by atoms with Crippen LogP contribution in [0.15, 0.2) is 18.2 Å². The van der Waals surface area contributed by atoms with Crippen LogP contribution in [0.5, 0.6) is 5.75 Å². The van der Waals surface area contributed by atoms with Gasteiger partial charge in [-0.3, -0.25) is 10.1 Å². The van der Waals surface area contributed by atoms with Gasteiger partial charge in [-0.05, 0) is 25.0 Å². The highest BCUT2D eigenvalue weighted by Crippen LogP contribution is 2.29. The molecule has 0 aromatic heterocycles. The SMILES string of the molecule is CCC(CC)Oc1ccc(F)cc1[N+](=O)[O-]. The Labute approximate surface area is 93.2 Å². The lowest BCUT2D eigenvalue weighted by molar-refractivity contribution is -0.386. The molecule has 4 nitrogen and oxygen atoms in total. The molecule has 0 radical (unpaired) electrons. The minimum Gasteiger partial charge on any atom is -0.484 e. The Morgan fingerprint density at radius 3 is 2.56 bits per heavy atom. The molecule has 1 aromatic carbocycles. The van der Waals surface area contributed by atoms with Gasteiger partial charge in [0.15, 0.2) is 5.75 Å². The zero-order chi connectivity index (χ0) is 12.1. The number of benzene rings is 1. The Kier molecular flexibility index (Phi) is 4.22. The molecule has 0 fully saturated rings. The minimum absolute atomic E-state index is 0.0795. The number of nitrogens with zero attached hydrogens (tertiary/aromatic N) is 1. The number of nitro benzene ring substituents is 1. The smallest absolute Gasteiger partial charge is 0.313 e. The lowest BCUT2D eigenvalue weighted by Gasteiger charge is -2.15. The molecule has 1 aromatic rings. The summed E-state index contributed by atoms with van der Waals surface area (Å²) in [4.78, 5) is 10.1. The normalized spacial score (nSPS) is 10.5. The first-order valence-corrected chi connectivity index (χ1v) is 5.19. The molecular formula is C11H14FNO3. The highest BCUT2D eigenvalue weighted by atomic mass is 19.1. The van der Waals surface area contributed by atoms with Gasteiger partial charge in [0.25, 0.3) is 0 Å². The quantitative estimate of drug-likeness (QED) is 0.572. The van der Waals surface area contributed by atoms with Crippen LogP contribution >= 0.6 is 0 Å². The number of ether oxygens (including phenoxy) is 1. The maximum atomic E-state index is 12.8. The third-order valence-corrected chi connectivity index (χ3v) is 2.32. The van der Waals surface area contributed by atoms with Crippen LogP contribution in [0.3, 0.4) is 0 Å². The molecule has 0 atom stereocenters. The van der Waals surface area contributed by atoms with Gasteiger partial charge >= 0.3 is 5.69 Å². The Morgan fingerprint density at radius 2 is 2.06 bits per heavy atom. The van der Waals surface area contributed by atoms with Crippen LogP contribution in [0, 0.1) is 15.9 Å². The predicted molar refractivity (Wildman–Crippen MR) is 58.1 cm³/mol. The van der Waals surface area contributed by atoms with Crippen molar-refractivity contribution in [1.82, 2.24) is 0 Å². The van der Waals surface area contributed by atoms with E-state index < -0.39 is 10.7 Å². The zero-order valence-electron chi connectivity index (χ0n) is 9.27.